The Labute approximate surface area is 207 Å². The summed E-state index contributed by atoms with van der Waals surface area (Å²) in [5.41, 5.74) is 7.06. The zero-order valence-electron chi connectivity index (χ0n) is 20.2. The Morgan fingerprint density at radius 2 is 1.86 bits per heavy atom. The standard InChI is InChI=1S/C25H35N3O6S/c1-18(2)15-28(35(31,32)22-10-8-20(26)9-11-22)16-24(29)23(14-19-6-4-3-5-7-19)27-25(30)34-21-12-13-33-17-21/h3-11,18,21,23-24,29H,12-17,26H2,1-2H3,(H,27,30)/t21-,23?,24?/m1/s1. The molecule has 1 heterocycles. The Kier molecular flexibility index (Phi) is 9.50. The third-order valence-corrected chi connectivity index (χ3v) is 7.55. The van der Waals surface area contributed by atoms with Gasteiger partial charge < -0.3 is 25.6 Å². The van der Waals surface area contributed by atoms with Gasteiger partial charge in [0.05, 0.1) is 30.3 Å². The Morgan fingerprint density at radius 1 is 1.17 bits per heavy atom. The van der Waals surface area contributed by atoms with Crippen molar-refractivity contribution in [2.24, 2.45) is 5.92 Å². The molecule has 1 aliphatic rings. The molecule has 1 amide bonds. The molecule has 0 bridgehead atoms. The third-order valence-electron chi connectivity index (χ3n) is 5.71. The van der Waals surface area contributed by atoms with E-state index in [4.69, 9.17) is 15.2 Å². The van der Waals surface area contributed by atoms with Crippen LogP contribution in [0.15, 0.2) is 59.5 Å². The summed E-state index contributed by atoms with van der Waals surface area (Å²) in [6.07, 6.45) is -1.29. The van der Waals surface area contributed by atoms with Crippen molar-refractivity contribution in [3.63, 3.8) is 0 Å². The fourth-order valence-corrected chi connectivity index (χ4v) is 5.52. The van der Waals surface area contributed by atoms with Crippen LogP contribution in [0.5, 0.6) is 0 Å². The molecule has 0 saturated carbocycles. The molecule has 0 radical (unpaired) electrons. The topological polar surface area (TPSA) is 131 Å². The van der Waals surface area contributed by atoms with E-state index in [1.54, 1.807) is 0 Å². The maximum Gasteiger partial charge on any atom is 0.407 e. The Balaban J connectivity index is 1.80. The number of nitrogens with zero attached hydrogens (tertiary/aromatic N) is 1. The van der Waals surface area contributed by atoms with Gasteiger partial charge in [-0.1, -0.05) is 44.2 Å². The largest absolute Gasteiger partial charge is 0.444 e. The second-order valence-electron chi connectivity index (χ2n) is 9.18. The first-order valence-corrected chi connectivity index (χ1v) is 13.2. The Hall–Kier alpha value is -2.66. The molecule has 0 aromatic heterocycles. The number of nitrogens with two attached hydrogens (primary N) is 1. The van der Waals surface area contributed by atoms with Crippen LogP contribution in [0.3, 0.4) is 0 Å². The molecule has 3 rings (SSSR count). The Morgan fingerprint density at radius 3 is 2.46 bits per heavy atom. The van der Waals surface area contributed by atoms with Crippen molar-refractivity contribution in [1.82, 2.24) is 9.62 Å². The van der Waals surface area contributed by atoms with E-state index in [-0.39, 0.29) is 30.0 Å². The van der Waals surface area contributed by atoms with Crippen molar-refractivity contribution >= 4 is 21.8 Å². The quantitative estimate of drug-likeness (QED) is 0.400. The first-order chi connectivity index (χ1) is 16.6. The number of hydrogen-bond donors (Lipinski definition) is 3. The number of aliphatic hydroxyl groups excluding tert-OH is 1. The Bertz CT molecular complexity index is 1040. The van der Waals surface area contributed by atoms with Crippen molar-refractivity contribution in [2.75, 3.05) is 32.0 Å². The van der Waals surface area contributed by atoms with Crippen LogP contribution in [0.4, 0.5) is 10.5 Å². The summed E-state index contributed by atoms with van der Waals surface area (Å²) in [7, 11) is -3.90. The number of nitrogens with one attached hydrogen (secondary N) is 1. The lowest BCUT2D eigenvalue weighted by molar-refractivity contribution is 0.0644. The molecule has 2 unspecified atom stereocenters. The molecular weight excluding hydrogens is 470 g/mol. The number of hydrogen-bond acceptors (Lipinski definition) is 7. The molecule has 10 heteroatoms. The van der Waals surface area contributed by atoms with E-state index >= 15 is 0 Å². The summed E-state index contributed by atoms with van der Waals surface area (Å²) in [5, 5.41) is 13.9. The fraction of sp³-hybridized carbons (Fsp3) is 0.480. The number of rotatable bonds is 11. The lowest BCUT2D eigenvalue weighted by Crippen LogP contribution is -2.51. The second kappa shape index (κ2) is 12.3. The summed E-state index contributed by atoms with van der Waals surface area (Å²) in [4.78, 5) is 12.7. The van der Waals surface area contributed by atoms with E-state index in [0.29, 0.717) is 31.7 Å². The van der Waals surface area contributed by atoms with Crippen LogP contribution in [0, 0.1) is 5.92 Å². The molecule has 0 aliphatic carbocycles. The van der Waals surface area contributed by atoms with Crippen molar-refractivity contribution in [3.05, 3.63) is 60.2 Å². The summed E-state index contributed by atoms with van der Waals surface area (Å²) in [5.74, 6) is 0.0126. The molecule has 2 aromatic rings. The predicted molar refractivity (Wildman–Crippen MR) is 133 cm³/mol. The molecule has 1 aliphatic heterocycles. The van der Waals surface area contributed by atoms with E-state index in [2.05, 4.69) is 5.32 Å². The van der Waals surface area contributed by atoms with E-state index in [1.165, 1.54) is 28.6 Å². The minimum absolute atomic E-state index is 0.0126. The highest BCUT2D eigenvalue weighted by atomic mass is 32.2. The number of ether oxygens (including phenoxy) is 2. The van der Waals surface area contributed by atoms with Gasteiger partial charge in [-0.05, 0) is 42.2 Å². The van der Waals surface area contributed by atoms with Gasteiger partial charge in [0.2, 0.25) is 10.0 Å². The lowest BCUT2D eigenvalue weighted by atomic mass is 10.0. The van der Waals surface area contributed by atoms with E-state index in [9.17, 15) is 18.3 Å². The number of carbonyl (C=O) groups is 1. The monoisotopic (exact) mass is 505 g/mol. The van der Waals surface area contributed by atoms with Gasteiger partial charge in [-0.25, -0.2) is 13.2 Å². The van der Waals surface area contributed by atoms with Crippen molar-refractivity contribution in [2.45, 2.75) is 49.8 Å². The highest BCUT2D eigenvalue weighted by molar-refractivity contribution is 7.89. The van der Waals surface area contributed by atoms with Crippen LogP contribution in [-0.4, -0.2) is 68.5 Å². The predicted octanol–water partition coefficient (Wildman–Crippen LogP) is 2.40. The summed E-state index contributed by atoms with van der Waals surface area (Å²) in [6, 6.07) is 14.6. The van der Waals surface area contributed by atoms with Crippen LogP contribution in [0.2, 0.25) is 0 Å². The molecule has 9 nitrogen and oxygen atoms in total. The molecular formula is C25H35N3O6S. The highest BCUT2D eigenvalue weighted by Crippen LogP contribution is 2.20. The van der Waals surface area contributed by atoms with E-state index < -0.39 is 28.3 Å². The number of nitrogen functional groups attached to an aromatic ring is 1. The fourth-order valence-electron chi connectivity index (χ4n) is 3.90. The minimum Gasteiger partial charge on any atom is -0.444 e. The van der Waals surface area contributed by atoms with Gasteiger partial charge >= 0.3 is 6.09 Å². The third kappa shape index (κ3) is 7.93. The van der Waals surface area contributed by atoms with Crippen LogP contribution in [-0.2, 0) is 25.9 Å². The van der Waals surface area contributed by atoms with Gasteiger partial charge in [0.15, 0.2) is 0 Å². The van der Waals surface area contributed by atoms with Gasteiger partial charge in [0.1, 0.15) is 6.10 Å². The van der Waals surface area contributed by atoms with Gasteiger partial charge in [0, 0.05) is 25.2 Å². The highest BCUT2D eigenvalue weighted by Gasteiger charge is 2.32. The maximum atomic E-state index is 13.4. The van der Waals surface area contributed by atoms with E-state index in [1.807, 2.05) is 44.2 Å². The normalized spacial score (nSPS) is 17.9. The smallest absolute Gasteiger partial charge is 0.407 e. The number of sulfonamides is 1. The zero-order chi connectivity index (χ0) is 25.4. The molecule has 1 fully saturated rings. The number of amides is 1. The van der Waals surface area contributed by atoms with Crippen molar-refractivity contribution in [3.8, 4) is 0 Å². The molecule has 0 spiro atoms. The number of benzene rings is 2. The van der Waals surface area contributed by atoms with Crippen LogP contribution in [0.25, 0.3) is 0 Å². The molecule has 1 saturated heterocycles. The number of alkyl carbamates (subject to hydrolysis) is 1. The number of aliphatic hydroxyl groups is 1. The number of carbonyl (C=O) groups excluding carboxylic acids is 1. The van der Waals surface area contributed by atoms with E-state index in [0.717, 1.165) is 5.56 Å². The average molecular weight is 506 g/mol. The number of anilines is 1. The average Bonchev–Trinajstić information content (AvgIpc) is 3.31. The lowest BCUT2D eigenvalue weighted by Gasteiger charge is -2.30. The second-order valence-corrected chi connectivity index (χ2v) is 11.1. The minimum atomic E-state index is -3.90. The van der Waals surface area contributed by atoms with Gasteiger partial charge in [0.25, 0.3) is 0 Å². The molecule has 4 N–H and O–H groups in total. The molecule has 192 valence electrons. The summed E-state index contributed by atoms with van der Waals surface area (Å²) >= 11 is 0. The SMILES string of the molecule is CC(C)CN(CC(O)C(Cc1ccccc1)NC(=O)O[C@@H]1CCOC1)S(=O)(=O)c1ccc(N)cc1. The van der Waals surface area contributed by atoms with Crippen LogP contribution < -0.4 is 11.1 Å². The molecule has 3 atom stereocenters. The summed E-state index contributed by atoms with van der Waals surface area (Å²) < 4.78 is 38.7. The van der Waals surface area contributed by atoms with Gasteiger partial charge in [-0.15, -0.1) is 0 Å². The van der Waals surface area contributed by atoms with Crippen molar-refractivity contribution < 1.29 is 27.8 Å². The first-order valence-electron chi connectivity index (χ1n) is 11.8. The van der Waals surface area contributed by atoms with Crippen LogP contribution in [0.1, 0.15) is 25.8 Å². The van der Waals surface area contributed by atoms with Crippen LogP contribution >= 0.6 is 0 Å². The maximum absolute atomic E-state index is 13.4. The molecule has 35 heavy (non-hydrogen) atoms. The van der Waals surface area contributed by atoms with Gasteiger partial charge in [-0.3, -0.25) is 0 Å². The van der Waals surface area contributed by atoms with Crippen molar-refractivity contribution in [1.29, 1.82) is 0 Å². The van der Waals surface area contributed by atoms with Gasteiger partial charge in [-0.2, -0.15) is 4.31 Å². The zero-order valence-corrected chi connectivity index (χ0v) is 21.0. The first kappa shape index (κ1) is 26.9. The molecule has 2 aromatic carbocycles. The summed E-state index contributed by atoms with van der Waals surface area (Å²) in [6.45, 7) is 4.67.